The van der Waals surface area contributed by atoms with Crippen molar-refractivity contribution in [3.8, 4) is 0 Å². The molecule has 0 bridgehead atoms. The minimum absolute atomic E-state index is 0.0471. The Kier molecular flexibility index (Phi) is 4.61. The maximum Gasteiger partial charge on any atom is 0.0742 e. The highest BCUT2D eigenvalue weighted by Gasteiger charge is 1.93. The molecule has 0 spiro atoms. The zero-order valence-electron chi connectivity index (χ0n) is 5.04. The fourth-order valence-corrected chi connectivity index (χ4v) is 0.451. The van der Waals surface area contributed by atoms with Gasteiger partial charge < -0.3 is 10.2 Å². The Balaban J connectivity index is 3.17. The summed E-state index contributed by atoms with van der Waals surface area (Å²) in [4.78, 5) is 0. The van der Waals surface area contributed by atoms with Gasteiger partial charge in [0, 0.05) is 6.61 Å². The van der Waals surface area contributed by atoms with Crippen LogP contribution in [0.2, 0.25) is 0 Å². The van der Waals surface area contributed by atoms with Crippen LogP contribution in [0.5, 0.6) is 0 Å². The van der Waals surface area contributed by atoms with E-state index in [1.54, 1.807) is 12.2 Å². The van der Waals surface area contributed by atoms with Crippen LogP contribution in [0.15, 0.2) is 12.2 Å². The third kappa shape index (κ3) is 3.84. The number of aliphatic hydroxyl groups excluding tert-OH is 2. The van der Waals surface area contributed by atoms with E-state index in [4.69, 9.17) is 10.2 Å². The predicted octanol–water partition coefficient (Wildman–Crippen LogP) is 0.306. The van der Waals surface area contributed by atoms with Gasteiger partial charge in [-0.05, 0) is 13.3 Å². The lowest BCUT2D eigenvalue weighted by Gasteiger charge is -1.98. The first-order valence-corrected chi connectivity index (χ1v) is 2.73. The van der Waals surface area contributed by atoms with Crippen molar-refractivity contribution in [1.29, 1.82) is 0 Å². The van der Waals surface area contributed by atoms with Crippen molar-refractivity contribution in [3.05, 3.63) is 12.2 Å². The van der Waals surface area contributed by atoms with Crippen LogP contribution in [0.25, 0.3) is 0 Å². The molecule has 0 saturated carbocycles. The largest absolute Gasteiger partial charge is 0.396 e. The molecule has 2 heteroatoms. The summed E-state index contributed by atoms with van der Waals surface area (Å²) in [6.07, 6.45) is 3.38. The Morgan fingerprint density at radius 3 is 2.62 bits per heavy atom. The molecule has 0 aromatic heterocycles. The van der Waals surface area contributed by atoms with Gasteiger partial charge in [0.25, 0.3) is 0 Å². The Labute approximate surface area is 49.5 Å². The summed E-state index contributed by atoms with van der Waals surface area (Å²) in [6.45, 7) is 1.88. The molecule has 0 aliphatic rings. The molecule has 0 saturated heterocycles. The van der Waals surface area contributed by atoms with Gasteiger partial charge in [-0.25, -0.2) is 0 Å². The smallest absolute Gasteiger partial charge is 0.0742 e. The lowest BCUT2D eigenvalue weighted by Crippen LogP contribution is -2.03. The van der Waals surface area contributed by atoms with E-state index in [1.165, 1.54) is 0 Å². The first kappa shape index (κ1) is 7.66. The van der Waals surface area contributed by atoms with E-state index in [1.807, 2.05) is 6.92 Å². The fourth-order valence-electron chi connectivity index (χ4n) is 0.451. The van der Waals surface area contributed by atoms with E-state index >= 15 is 0 Å². The molecule has 0 aliphatic carbocycles. The summed E-state index contributed by atoms with van der Waals surface area (Å²) in [5, 5.41) is 17.1. The highest BCUT2D eigenvalue weighted by molar-refractivity contribution is 4.84. The van der Waals surface area contributed by atoms with Gasteiger partial charge >= 0.3 is 0 Å². The highest BCUT2D eigenvalue weighted by Crippen LogP contribution is 1.90. The fraction of sp³-hybridized carbons (Fsp3) is 0.667. The van der Waals surface area contributed by atoms with Gasteiger partial charge in [0.2, 0.25) is 0 Å². The Morgan fingerprint density at radius 1 is 1.62 bits per heavy atom. The van der Waals surface area contributed by atoms with Crippen molar-refractivity contribution in [2.45, 2.75) is 19.4 Å². The minimum Gasteiger partial charge on any atom is -0.396 e. The molecule has 0 radical (unpaired) electrons. The zero-order chi connectivity index (χ0) is 6.41. The first-order chi connectivity index (χ1) is 3.81. The van der Waals surface area contributed by atoms with Crippen LogP contribution in [0.1, 0.15) is 13.3 Å². The molecule has 8 heavy (non-hydrogen) atoms. The summed E-state index contributed by atoms with van der Waals surface area (Å²) in [7, 11) is 0. The minimum atomic E-state index is -0.468. The van der Waals surface area contributed by atoms with E-state index in [2.05, 4.69) is 0 Å². The number of rotatable bonds is 3. The maximum atomic E-state index is 8.80. The quantitative estimate of drug-likeness (QED) is 0.521. The van der Waals surface area contributed by atoms with Gasteiger partial charge in [0.15, 0.2) is 0 Å². The summed E-state index contributed by atoms with van der Waals surface area (Å²) in [5.74, 6) is 0. The van der Waals surface area contributed by atoms with Crippen molar-refractivity contribution in [3.63, 3.8) is 0 Å². The summed E-state index contributed by atoms with van der Waals surface area (Å²) >= 11 is 0. The molecule has 2 N–H and O–H groups in total. The van der Waals surface area contributed by atoms with Crippen LogP contribution in [0.3, 0.4) is 0 Å². The number of hydrogen-bond donors (Lipinski definition) is 2. The summed E-state index contributed by atoms with van der Waals surface area (Å²) in [6, 6.07) is 0. The van der Waals surface area contributed by atoms with Gasteiger partial charge in [-0.3, -0.25) is 0 Å². The van der Waals surface area contributed by atoms with Crippen molar-refractivity contribution in [2.24, 2.45) is 0 Å². The predicted molar refractivity (Wildman–Crippen MR) is 32.5 cm³/mol. The molecular weight excluding hydrogens is 104 g/mol. The zero-order valence-corrected chi connectivity index (χ0v) is 5.04. The van der Waals surface area contributed by atoms with Crippen LogP contribution in [0.4, 0.5) is 0 Å². The normalized spacial score (nSPS) is 14.9. The average Bonchev–Trinajstić information content (AvgIpc) is 1.68. The SMILES string of the molecule is C/C=C/C(O)CCO. The second-order valence-electron chi connectivity index (χ2n) is 1.61. The molecule has 0 aliphatic heterocycles. The van der Waals surface area contributed by atoms with Gasteiger partial charge in [0.1, 0.15) is 0 Å². The molecule has 0 aromatic rings. The Bertz CT molecular complexity index is 68.9. The van der Waals surface area contributed by atoms with Gasteiger partial charge in [-0.1, -0.05) is 12.2 Å². The van der Waals surface area contributed by atoms with E-state index in [0.717, 1.165) is 0 Å². The summed E-state index contributed by atoms with van der Waals surface area (Å²) < 4.78 is 0. The molecular formula is C6H12O2. The van der Waals surface area contributed by atoms with E-state index in [0.29, 0.717) is 6.42 Å². The van der Waals surface area contributed by atoms with Gasteiger partial charge in [-0.15, -0.1) is 0 Å². The summed E-state index contributed by atoms with van der Waals surface area (Å²) in [5.41, 5.74) is 0. The van der Waals surface area contributed by atoms with Gasteiger partial charge in [-0.2, -0.15) is 0 Å². The second-order valence-corrected chi connectivity index (χ2v) is 1.61. The second kappa shape index (κ2) is 4.81. The third-order valence-electron chi connectivity index (χ3n) is 0.839. The lowest BCUT2D eigenvalue weighted by molar-refractivity contribution is 0.170. The Hall–Kier alpha value is -0.340. The molecule has 0 heterocycles. The van der Waals surface area contributed by atoms with Crippen molar-refractivity contribution >= 4 is 0 Å². The molecule has 1 atom stereocenters. The topological polar surface area (TPSA) is 40.5 Å². The molecule has 1 unspecified atom stereocenters. The molecule has 0 rings (SSSR count). The molecule has 0 aromatic carbocycles. The van der Waals surface area contributed by atoms with Crippen LogP contribution in [0, 0.1) is 0 Å². The van der Waals surface area contributed by atoms with E-state index in [-0.39, 0.29) is 6.61 Å². The number of allylic oxidation sites excluding steroid dienone is 1. The highest BCUT2D eigenvalue weighted by atomic mass is 16.3. The molecule has 0 fully saturated rings. The average molecular weight is 116 g/mol. The lowest BCUT2D eigenvalue weighted by atomic mass is 10.2. The van der Waals surface area contributed by atoms with E-state index < -0.39 is 6.10 Å². The van der Waals surface area contributed by atoms with Crippen molar-refractivity contribution < 1.29 is 10.2 Å². The van der Waals surface area contributed by atoms with Gasteiger partial charge in [0.05, 0.1) is 6.10 Å². The van der Waals surface area contributed by atoms with Crippen LogP contribution in [-0.4, -0.2) is 22.9 Å². The van der Waals surface area contributed by atoms with Crippen molar-refractivity contribution in [2.75, 3.05) is 6.61 Å². The molecule has 0 amide bonds. The number of hydrogen-bond acceptors (Lipinski definition) is 2. The maximum absolute atomic E-state index is 8.80. The Morgan fingerprint density at radius 2 is 2.25 bits per heavy atom. The van der Waals surface area contributed by atoms with Crippen LogP contribution in [-0.2, 0) is 0 Å². The molecule has 2 nitrogen and oxygen atoms in total. The standard InChI is InChI=1S/C6H12O2/c1-2-3-6(8)4-5-7/h2-3,6-8H,4-5H2,1H3/b3-2+. The number of aliphatic hydroxyl groups is 2. The first-order valence-electron chi connectivity index (χ1n) is 2.73. The monoisotopic (exact) mass is 116 g/mol. The van der Waals surface area contributed by atoms with E-state index in [9.17, 15) is 0 Å². The van der Waals surface area contributed by atoms with Crippen LogP contribution >= 0.6 is 0 Å². The van der Waals surface area contributed by atoms with Crippen molar-refractivity contribution in [1.82, 2.24) is 0 Å². The van der Waals surface area contributed by atoms with Crippen LogP contribution < -0.4 is 0 Å². The molecule has 48 valence electrons. The third-order valence-corrected chi connectivity index (χ3v) is 0.839.